The van der Waals surface area contributed by atoms with Crippen molar-refractivity contribution in [2.45, 2.75) is 24.2 Å². The van der Waals surface area contributed by atoms with Crippen LogP contribution in [-0.2, 0) is 10.0 Å². The molecule has 0 atom stereocenters. The fourth-order valence-corrected chi connectivity index (χ4v) is 3.68. The van der Waals surface area contributed by atoms with Crippen LogP contribution in [0.5, 0.6) is 5.75 Å². The Morgan fingerprint density at radius 2 is 1.81 bits per heavy atom. The molecule has 118 valence electrons. The Bertz CT molecular complexity index is 602. The van der Waals surface area contributed by atoms with E-state index in [0.29, 0.717) is 12.4 Å². The number of rotatable bonds is 5. The molecule has 21 heavy (non-hydrogen) atoms. The monoisotopic (exact) mass is 352 g/mol. The number of hydrogen-bond acceptors (Lipinski definition) is 4. The van der Waals surface area contributed by atoms with Gasteiger partial charge in [-0.2, -0.15) is 0 Å². The molecule has 1 fully saturated rings. The number of hydrogen-bond donors (Lipinski definition) is 1. The van der Waals surface area contributed by atoms with Crippen LogP contribution in [-0.4, -0.2) is 39.6 Å². The lowest BCUT2D eigenvalue weighted by atomic mass is 10.1. The van der Waals surface area contributed by atoms with E-state index in [9.17, 15) is 8.42 Å². The normalized spacial score (nSPS) is 16.9. The van der Waals surface area contributed by atoms with Crippen LogP contribution in [0.1, 0.15) is 19.3 Å². The Morgan fingerprint density at radius 3 is 2.43 bits per heavy atom. The molecule has 0 aromatic heterocycles. The number of primary sulfonamides is 1. The highest BCUT2D eigenvalue weighted by Crippen LogP contribution is 2.36. The number of piperidine rings is 1. The molecule has 0 unspecified atom stereocenters. The number of sulfonamides is 1. The minimum Gasteiger partial charge on any atom is -0.491 e. The largest absolute Gasteiger partial charge is 0.491 e. The minimum absolute atomic E-state index is 0.0711. The lowest BCUT2D eigenvalue weighted by Crippen LogP contribution is -2.33. The molecular formula is C13H18Cl2N2O3S. The number of benzene rings is 1. The summed E-state index contributed by atoms with van der Waals surface area (Å²) in [6, 6.07) is 2.78. The highest BCUT2D eigenvalue weighted by Gasteiger charge is 2.18. The third-order valence-corrected chi connectivity index (χ3v) is 5.36. The van der Waals surface area contributed by atoms with E-state index >= 15 is 0 Å². The summed E-state index contributed by atoms with van der Waals surface area (Å²) in [6.07, 6.45) is 3.72. The van der Waals surface area contributed by atoms with E-state index in [0.717, 1.165) is 19.6 Å². The molecular weight excluding hydrogens is 335 g/mol. The Kier molecular flexibility index (Phi) is 5.73. The molecule has 1 aromatic rings. The zero-order valence-corrected chi connectivity index (χ0v) is 13.8. The molecule has 1 aliphatic heterocycles. The van der Waals surface area contributed by atoms with E-state index in [4.69, 9.17) is 33.1 Å². The maximum Gasteiger partial charge on any atom is 0.239 e. The van der Waals surface area contributed by atoms with Crippen molar-refractivity contribution in [3.8, 4) is 5.75 Å². The summed E-state index contributed by atoms with van der Waals surface area (Å²) in [5.74, 6) is 0.367. The first kappa shape index (κ1) is 16.8. The number of nitrogens with zero attached hydrogens (tertiary/aromatic N) is 1. The summed E-state index contributed by atoms with van der Waals surface area (Å²) in [7, 11) is -3.89. The van der Waals surface area contributed by atoms with Crippen molar-refractivity contribution in [2.24, 2.45) is 5.14 Å². The summed E-state index contributed by atoms with van der Waals surface area (Å²) in [5, 5.41) is 5.02. The topological polar surface area (TPSA) is 72.6 Å². The second-order valence-electron chi connectivity index (χ2n) is 4.99. The summed E-state index contributed by atoms with van der Waals surface area (Å²) >= 11 is 12.0. The number of halogens is 2. The number of likely N-dealkylation sites (tertiary alicyclic amines) is 1. The third kappa shape index (κ3) is 4.47. The predicted molar refractivity (Wildman–Crippen MR) is 83.6 cm³/mol. The maximum atomic E-state index is 11.3. The summed E-state index contributed by atoms with van der Waals surface area (Å²) in [6.45, 7) is 3.46. The van der Waals surface area contributed by atoms with Crippen LogP contribution in [0.2, 0.25) is 10.0 Å². The van der Waals surface area contributed by atoms with E-state index in [-0.39, 0.29) is 14.9 Å². The summed E-state index contributed by atoms with van der Waals surface area (Å²) < 4.78 is 28.2. The summed E-state index contributed by atoms with van der Waals surface area (Å²) in [5.41, 5.74) is 0. The Hall–Kier alpha value is -0.530. The van der Waals surface area contributed by atoms with Crippen LogP contribution in [0.4, 0.5) is 0 Å². The van der Waals surface area contributed by atoms with Gasteiger partial charge in [-0.15, -0.1) is 0 Å². The zero-order valence-electron chi connectivity index (χ0n) is 11.5. The van der Waals surface area contributed by atoms with Gasteiger partial charge in [-0.25, -0.2) is 13.6 Å². The molecule has 1 aromatic carbocycles. The summed E-state index contributed by atoms with van der Waals surface area (Å²) in [4.78, 5) is 2.13. The van der Waals surface area contributed by atoms with Crippen molar-refractivity contribution in [3.05, 3.63) is 22.2 Å². The van der Waals surface area contributed by atoms with Gasteiger partial charge >= 0.3 is 0 Å². The van der Waals surface area contributed by atoms with Gasteiger partial charge in [0.2, 0.25) is 10.0 Å². The molecule has 2 N–H and O–H groups in total. The molecule has 1 aliphatic rings. The SMILES string of the molecule is NS(=O)(=O)c1ccc(OCCN2CCCCC2)c(Cl)c1Cl. The van der Waals surface area contributed by atoms with Gasteiger partial charge in [-0.1, -0.05) is 29.6 Å². The first-order chi connectivity index (χ1) is 9.89. The van der Waals surface area contributed by atoms with Gasteiger partial charge < -0.3 is 4.74 Å². The fraction of sp³-hybridized carbons (Fsp3) is 0.538. The molecule has 0 radical (unpaired) electrons. The van der Waals surface area contributed by atoms with Crippen molar-refractivity contribution in [3.63, 3.8) is 0 Å². The van der Waals surface area contributed by atoms with E-state index in [1.807, 2.05) is 0 Å². The van der Waals surface area contributed by atoms with Crippen molar-refractivity contribution >= 4 is 33.2 Å². The van der Waals surface area contributed by atoms with E-state index < -0.39 is 10.0 Å². The van der Waals surface area contributed by atoms with Gasteiger partial charge in [0.05, 0.1) is 5.02 Å². The predicted octanol–water partition coefficient (Wildman–Crippen LogP) is 2.51. The molecule has 1 heterocycles. The standard InChI is InChI=1S/C13H18Cl2N2O3S/c14-12-10(4-5-11(13(12)15)21(16,18)19)20-9-8-17-6-2-1-3-7-17/h4-5H,1-3,6-9H2,(H2,16,18,19). The van der Waals surface area contributed by atoms with Crippen molar-refractivity contribution < 1.29 is 13.2 Å². The van der Waals surface area contributed by atoms with Crippen LogP contribution in [0.25, 0.3) is 0 Å². The van der Waals surface area contributed by atoms with Crippen LogP contribution in [0, 0.1) is 0 Å². The molecule has 0 amide bonds. The lowest BCUT2D eigenvalue weighted by molar-refractivity contribution is 0.183. The lowest BCUT2D eigenvalue weighted by Gasteiger charge is -2.26. The molecule has 0 bridgehead atoms. The molecule has 0 aliphatic carbocycles. The van der Waals surface area contributed by atoms with Crippen LogP contribution in [0.3, 0.4) is 0 Å². The zero-order chi connectivity index (χ0) is 15.5. The molecule has 2 rings (SSSR count). The molecule has 1 saturated heterocycles. The molecule has 5 nitrogen and oxygen atoms in total. The van der Waals surface area contributed by atoms with E-state index in [2.05, 4.69) is 4.90 Å². The first-order valence-corrected chi connectivity index (χ1v) is 9.06. The molecule has 0 spiro atoms. The van der Waals surface area contributed by atoms with Crippen LogP contribution < -0.4 is 9.88 Å². The van der Waals surface area contributed by atoms with Crippen molar-refractivity contribution in [1.82, 2.24) is 4.90 Å². The second kappa shape index (κ2) is 7.15. The van der Waals surface area contributed by atoms with Gasteiger partial charge in [-0.05, 0) is 38.1 Å². The van der Waals surface area contributed by atoms with Crippen molar-refractivity contribution in [2.75, 3.05) is 26.2 Å². The van der Waals surface area contributed by atoms with Gasteiger partial charge in [0.1, 0.15) is 22.3 Å². The van der Waals surface area contributed by atoms with Crippen LogP contribution in [0.15, 0.2) is 17.0 Å². The smallest absolute Gasteiger partial charge is 0.239 e. The third-order valence-electron chi connectivity index (χ3n) is 3.43. The van der Waals surface area contributed by atoms with Gasteiger partial charge in [0, 0.05) is 6.54 Å². The van der Waals surface area contributed by atoms with Gasteiger partial charge in [0.25, 0.3) is 0 Å². The fourth-order valence-electron chi connectivity index (χ4n) is 2.31. The quantitative estimate of drug-likeness (QED) is 0.883. The van der Waals surface area contributed by atoms with Gasteiger partial charge in [0.15, 0.2) is 0 Å². The first-order valence-electron chi connectivity index (χ1n) is 6.75. The highest BCUT2D eigenvalue weighted by atomic mass is 35.5. The van der Waals surface area contributed by atoms with Gasteiger partial charge in [-0.3, -0.25) is 4.90 Å². The molecule has 0 saturated carbocycles. The van der Waals surface area contributed by atoms with Crippen LogP contribution >= 0.6 is 23.2 Å². The highest BCUT2D eigenvalue weighted by molar-refractivity contribution is 7.89. The average Bonchev–Trinajstić information content (AvgIpc) is 2.43. The maximum absolute atomic E-state index is 11.3. The van der Waals surface area contributed by atoms with Crippen molar-refractivity contribution in [1.29, 1.82) is 0 Å². The second-order valence-corrected chi connectivity index (χ2v) is 7.27. The number of ether oxygens (including phenoxy) is 1. The Labute approximate surface area is 135 Å². The number of nitrogens with two attached hydrogens (primary N) is 1. The van der Waals surface area contributed by atoms with E-state index in [1.54, 1.807) is 0 Å². The van der Waals surface area contributed by atoms with E-state index in [1.165, 1.54) is 31.4 Å². The minimum atomic E-state index is -3.89. The average molecular weight is 353 g/mol. The Balaban J connectivity index is 1.99. The molecule has 8 heteroatoms. The Morgan fingerprint density at radius 1 is 1.14 bits per heavy atom.